The highest BCUT2D eigenvalue weighted by atomic mass is 35.5. The molecule has 5 nitrogen and oxygen atoms in total. The lowest BCUT2D eigenvalue weighted by atomic mass is 10.1. The molecular weight excluding hydrogens is 339 g/mol. The molecule has 0 bridgehead atoms. The Bertz CT molecular complexity index is 864. The number of imide groups is 1. The average molecular weight is 349 g/mol. The van der Waals surface area contributed by atoms with Gasteiger partial charge in [-0.15, -0.1) is 0 Å². The van der Waals surface area contributed by atoms with Gasteiger partial charge < -0.3 is 5.32 Å². The molecular formula is C16H10Cl2N2O3. The van der Waals surface area contributed by atoms with E-state index in [1.165, 1.54) is 19.2 Å². The Morgan fingerprint density at radius 2 is 1.83 bits per heavy atom. The van der Waals surface area contributed by atoms with Crippen LogP contribution in [0.15, 0.2) is 36.4 Å². The number of amides is 3. The van der Waals surface area contributed by atoms with Crippen LogP contribution >= 0.6 is 23.2 Å². The number of nitrogens with zero attached hydrogens (tertiary/aromatic N) is 1. The Morgan fingerprint density at radius 3 is 2.52 bits per heavy atom. The van der Waals surface area contributed by atoms with Gasteiger partial charge in [-0.25, -0.2) is 0 Å². The smallest absolute Gasteiger partial charge is 0.263 e. The summed E-state index contributed by atoms with van der Waals surface area (Å²) in [6.07, 6.45) is 0. The lowest BCUT2D eigenvalue weighted by molar-refractivity contribution is 0.0693. The predicted octanol–water partition coefficient (Wildman–Crippen LogP) is 3.47. The van der Waals surface area contributed by atoms with E-state index in [9.17, 15) is 14.4 Å². The molecule has 0 aromatic heterocycles. The maximum absolute atomic E-state index is 12.4. The second-order valence-electron chi connectivity index (χ2n) is 4.98. The van der Waals surface area contributed by atoms with Gasteiger partial charge in [0.05, 0.1) is 27.4 Å². The SMILES string of the molecule is CN1C(=O)c2cccc(NC(=O)c3ccc(Cl)cc3Cl)c2C1=O. The summed E-state index contributed by atoms with van der Waals surface area (Å²) in [5, 5.41) is 3.23. The van der Waals surface area contributed by atoms with Crippen LogP contribution in [0.1, 0.15) is 31.1 Å². The molecule has 2 aromatic rings. The van der Waals surface area contributed by atoms with E-state index < -0.39 is 17.7 Å². The summed E-state index contributed by atoms with van der Waals surface area (Å²) in [5.41, 5.74) is 0.927. The zero-order valence-corrected chi connectivity index (χ0v) is 13.4. The first-order chi connectivity index (χ1) is 10.9. The highest BCUT2D eigenvalue weighted by Crippen LogP contribution is 2.29. The van der Waals surface area contributed by atoms with Crippen LogP contribution in [0.3, 0.4) is 0 Å². The van der Waals surface area contributed by atoms with Gasteiger partial charge in [0.15, 0.2) is 0 Å². The Morgan fingerprint density at radius 1 is 1.09 bits per heavy atom. The number of rotatable bonds is 2. The quantitative estimate of drug-likeness (QED) is 0.845. The molecule has 0 atom stereocenters. The van der Waals surface area contributed by atoms with Crippen molar-refractivity contribution in [1.82, 2.24) is 4.90 Å². The van der Waals surface area contributed by atoms with Gasteiger partial charge in [-0.2, -0.15) is 0 Å². The van der Waals surface area contributed by atoms with Crippen molar-refractivity contribution in [2.24, 2.45) is 0 Å². The topological polar surface area (TPSA) is 66.5 Å². The van der Waals surface area contributed by atoms with E-state index in [-0.39, 0.29) is 27.4 Å². The molecule has 3 amide bonds. The number of nitrogens with one attached hydrogen (secondary N) is 1. The molecule has 0 spiro atoms. The third-order valence-electron chi connectivity index (χ3n) is 3.54. The van der Waals surface area contributed by atoms with Crippen molar-refractivity contribution in [3.05, 3.63) is 63.1 Å². The molecule has 7 heteroatoms. The number of hydrogen-bond acceptors (Lipinski definition) is 3. The standard InChI is InChI=1S/C16H10Cl2N2O3/c1-20-15(22)10-3-2-4-12(13(10)16(20)23)19-14(21)9-6-5-8(17)7-11(9)18/h2-7H,1H3,(H,19,21). The van der Waals surface area contributed by atoms with Crippen molar-refractivity contribution in [1.29, 1.82) is 0 Å². The summed E-state index contributed by atoms with van der Waals surface area (Å²) in [4.78, 5) is 37.5. The maximum Gasteiger partial charge on any atom is 0.263 e. The molecule has 23 heavy (non-hydrogen) atoms. The van der Waals surface area contributed by atoms with Crippen molar-refractivity contribution < 1.29 is 14.4 Å². The second kappa shape index (κ2) is 5.68. The van der Waals surface area contributed by atoms with Gasteiger partial charge in [0, 0.05) is 12.1 Å². The molecule has 0 radical (unpaired) electrons. The van der Waals surface area contributed by atoms with E-state index in [0.717, 1.165) is 4.90 Å². The summed E-state index contributed by atoms with van der Waals surface area (Å²) in [7, 11) is 1.40. The van der Waals surface area contributed by atoms with E-state index in [0.29, 0.717) is 5.02 Å². The van der Waals surface area contributed by atoms with E-state index in [1.807, 2.05) is 0 Å². The Labute approximate surface area is 141 Å². The van der Waals surface area contributed by atoms with Crippen LogP contribution < -0.4 is 5.32 Å². The summed E-state index contributed by atoms with van der Waals surface area (Å²) >= 11 is 11.8. The van der Waals surface area contributed by atoms with Crippen LogP contribution in [-0.4, -0.2) is 29.7 Å². The fourth-order valence-corrected chi connectivity index (χ4v) is 2.86. The lowest BCUT2D eigenvalue weighted by Gasteiger charge is -2.10. The third-order valence-corrected chi connectivity index (χ3v) is 4.09. The third kappa shape index (κ3) is 2.58. The number of anilines is 1. The van der Waals surface area contributed by atoms with Crippen LogP contribution in [0.5, 0.6) is 0 Å². The minimum Gasteiger partial charge on any atom is -0.321 e. The zero-order valence-electron chi connectivity index (χ0n) is 11.9. The van der Waals surface area contributed by atoms with Gasteiger partial charge in [-0.05, 0) is 30.3 Å². The van der Waals surface area contributed by atoms with E-state index >= 15 is 0 Å². The van der Waals surface area contributed by atoms with Crippen LogP contribution in [0.4, 0.5) is 5.69 Å². The molecule has 2 aromatic carbocycles. The molecule has 0 saturated heterocycles. The molecule has 0 fully saturated rings. The van der Waals surface area contributed by atoms with Crippen LogP contribution in [-0.2, 0) is 0 Å². The van der Waals surface area contributed by atoms with E-state index in [1.54, 1.807) is 24.3 Å². The van der Waals surface area contributed by atoms with Gasteiger partial charge in [-0.3, -0.25) is 19.3 Å². The van der Waals surface area contributed by atoms with Crippen molar-refractivity contribution in [2.75, 3.05) is 12.4 Å². The second-order valence-corrected chi connectivity index (χ2v) is 5.82. The average Bonchev–Trinajstić information content (AvgIpc) is 2.73. The highest BCUT2D eigenvalue weighted by Gasteiger charge is 2.35. The van der Waals surface area contributed by atoms with Gasteiger partial charge in [-0.1, -0.05) is 29.3 Å². The van der Waals surface area contributed by atoms with Crippen molar-refractivity contribution in [3.8, 4) is 0 Å². The molecule has 1 N–H and O–H groups in total. The summed E-state index contributed by atoms with van der Waals surface area (Å²) < 4.78 is 0. The fourth-order valence-electron chi connectivity index (χ4n) is 2.37. The van der Waals surface area contributed by atoms with Crippen molar-refractivity contribution in [3.63, 3.8) is 0 Å². The number of carbonyl (C=O) groups is 3. The molecule has 116 valence electrons. The van der Waals surface area contributed by atoms with Crippen LogP contribution in [0.2, 0.25) is 10.0 Å². The first kappa shape index (κ1) is 15.5. The predicted molar refractivity (Wildman–Crippen MR) is 87.3 cm³/mol. The van der Waals surface area contributed by atoms with Gasteiger partial charge in [0.2, 0.25) is 0 Å². The number of hydrogen-bond donors (Lipinski definition) is 1. The summed E-state index contributed by atoms with van der Waals surface area (Å²) in [6, 6.07) is 9.19. The molecule has 1 aliphatic heterocycles. The molecule has 0 aliphatic carbocycles. The number of fused-ring (bicyclic) bond motifs is 1. The molecule has 1 heterocycles. The van der Waals surface area contributed by atoms with Crippen LogP contribution in [0.25, 0.3) is 0 Å². The van der Waals surface area contributed by atoms with E-state index in [2.05, 4.69) is 5.32 Å². The Hall–Kier alpha value is -2.37. The monoisotopic (exact) mass is 348 g/mol. The van der Waals surface area contributed by atoms with Gasteiger partial charge in [0.25, 0.3) is 17.7 Å². The number of halogens is 2. The number of benzene rings is 2. The zero-order chi connectivity index (χ0) is 16.7. The molecule has 3 rings (SSSR count). The minimum atomic E-state index is -0.491. The summed E-state index contributed by atoms with van der Waals surface area (Å²) in [6.45, 7) is 0. The first-order valence-electron chi connectivity index (χ1n) is 6.62. The Kier molecular flexibility index (Phi) is 3.83. The van der Waals surface area contributed by atoms with Crippen LogP contribution in [0, 0.1) is 0 Å². The molecule has 1 aliphatic rings. The molecule has 0 saturated carbocycles. The van der Waals surface area contributed by atoms with Crippen molar-refractivity contribution >= 4 is 46.6 Å². The van der Waals surface area contributed by atoms with Crippen molar-refractivity contribution in [2.45, 2.75) is 0 Å². The Balaban J connectivity index is 1.98. The fraction of sp³-hybridized carbons (Fsp3) is 0.0625. The van der Waals surface area contributed by atoms with E-state index in [4.69, 9.17) is 23.2 Å². The minimum absolute atomic E-state index is 0.179. The maximum atomic E-state index is 12.4. The highest BCUT2D eigenvalue weighted by molar-refractivity contribution is 6.37. The number of carbonyl (C=O) groups excluding carboxylic acids is 3. The van der Waals surface area contributed by atoms with Gasteiger partial charge >= 0.3 is 0 Å². The summed E-state index contributed by atoms with van der Waals surface area (Å²) in [5.74, 6) is -1.34. The first-order valence-corrected chi connectivity index (χ1v) is 7.37. The lowest BCUT2D eigenvalue weighted by Crippen LogP contribution is -2.24. The molecule has 0 unspecified atom stereocenters. The normalized spacial score (nSPS) is 13.3. The van der Waals surface area contributed by atoms with Gasteiger partial charge in [0.1, 0.15) is 0 Å². The largest absolute Gasteiger partial charge is 0.321 e.